The van der Waals surface area contributed by atoms with E-state index in [0.717, 1.165) is 18.8 Å². The molecule has 1 saturated heterocycles. The molecule has 0 saturated carbocycles. The van der Waals surface area contributed by atoms with Gasteiger partial charge in [-0.1, -0.05) is 0 Å². The Balaban J connectivity index is 2.09. The molecular weight excluding hydrogens is 266 g/mol. The highest BCUT2D eigenvalue weighted by molar-refractivity contribution is 7.09. The van der Waals surface area contributed by atoms with Crippen LogP contribution in [0, 0.1) is 0 Å². The first-order chi connectivity index (χ1) is 8.61. The fraction of sp³-hybridized carbons (Fsp3) is 0.769. The fourth-order valence-electron chi connectivity index (χ4n) is 2.68. The van der Waals surface area contributed by atoms with E-state index in [2.05, 4.69) is 41.1 Å². The summed E-state index contributed by atoms with van der Waals surface area (Å²) in [6.07, 6.45) is 1.24. The van der Waals surface area contributed by atoms with E-state index in [9.17, 15) is 0 Å². The molecule has 0 aromatic carbocycles. The molecule has 1 aromatic heterocycles. The van der Waals surface area contributed by atoms with Crippen LogP contribution in [-0.4, -0.2) is 47.5 Å². The van der Waals surface area contributed by atoms with Gasteiger partial charge in [-0.2, -0.15) is 0 Å². The van der Waals surface area contributed by atoms with Crippen molar-refractivity contribution < 1.29 is 0 Å². The maximum atomic E-state index is 5.83. The molecule has 0 spiro atoms. The first kappa shape index (κ1) is 14.3. The Morgan fingerprint density at radius 1 is 1.56 bits per heavy atom. The van der Waals surface area contributed by atoms with Crippen molar-refractivity contribution in [1.29, 1.82) is 0 Å². The molecule has 18 heavy (non-hydrogen) atoms. The molecule has 2 unspecified atom stereocenters. The van der Waals surface area contributed by atoms with Crippen molar-refractivity contribution in [2.45, 2.75) is 38.2 Å². The predicted octanol–water partition coefficient (Wildman–Crippen LogP) is 2.97. The third-order valence-electron chi connectivity index (χ3n) is 3.66. The molecule has 1 aromatic rings. The van der Waals surface area contributed by atoms with E-state index in [1.165, 1.54) is 18.0 Å². The van der Waals surface area contributed by atoms with E-state index in [1.807, 2.05) is 0 Å². The number of hydrogen-bond donors (Lipinski definition) is 0. The normalized spacial score (nSPS) is 25.0. The number of aromatic nitrogens is 1. The lowest BCUT2D eigenvalue weighted by Crippen LogP contribution is -2.39. The third kappa shape index (κ3) is 3.23. The van der Waals surface area contributed by atoms with Crippen LogP contribution in [0.1, 0.15) is 37.0 Å². The van der Waals surface area contributed by atoms with Gasteiger partial charge in [-0.3, -0.25) is 4.90 Å². The molecular formula is C13H22ClN3S. The third-order valence-corrected chi connectivity index (χ3v) is 5.00. The van der Waals surface area contributed by atoms with Gasteiger partial charge in [-0.25, -0.2) is 4.98 Å². The highest BCUT2D eigenvalue weighted by atomic mass is 35.5. The summed E-state index contributed by atoms with van der Waals surface area (Å²) in [5.41, 5.74) is 1.00. The molecule has 3 nitrogen and oxygen atoms in total. The van der Waals surface area contributed by atoms with Gasteiger partial charge in [0.1, 0.15) is 5.01 Å². The Bertz CT molecular complexity index is 382. The van der Waals surface area contributed by atoms with E-state index < -0.39 is 0 Å². The van der Waals surface area contributed by atoms with E-state index in [-0.39, 0.29) is 0 Å². The first-order valence-corrected chi connectivity index (χ1v) is 7.97. The zero-order valence-corrected chi connectivity index (χ0v) is 13.0. The van der Waals surface area contributed by atoms with Crippen molar-refractivity contribution in [3.63, 3.8) is 0 Å². The van der Waals surface area contributed by atoms with Crippen LogP contribution in [0.4, 0.5) is 0 Å². The van der Waals surface area contributed by atoms with Crippen LogP contribution in [0.15, 0.2) is 5.38 Å². The minimum atomic E-state index is 0.397. The molecule has 0 N–H and O–H groups in total. The standard InChI is InChI=1S/C13H22ClN3S/c1-10-8-16(3)5-4-6-17(10)11(2)13-15-12(7-14)9-18-13/h9-11H,4-8H2,1-3H3. The van der Waals surface area contributed by atoms with Gasteiger partial charge in [-0.15, -0.1) is 22.9 Å². The molecule has 5 heteroatoms. The van der Waals surface area contributed by atoms with Gasteiger partial charge < -0.3 is 4.90 Å². The fourth-order valence-corrected chi connectivity index (χ4v) is 3.81. The maximum Gasteiger partial charge on any atom is 0.110 e. The summed E-state index contributed by atoms with van der Waals surface area (Å²) in [4.78, 5) is 9.61. The van der Waals surface area contributed by atoms with Gasteiger partial charge in [0.2, 0.25) is 0 Å². The highest BCUT2D eigenvalue weighted by Crippen LogP contribution is 2.27. The lowest BCUT2D eigenvalue weighted by Gasteiger charge is -2.32. The van der Waals surface area contributed by atoms with Gasteiger partial charge in [0.05, 0.1) is 17.6 Å². The number of thiazole rings is 1. The van der Waals surface area contributed by atoms with Crippen LogP contribution in [0.3, 0.4) is 0 Å². The quantitative estimate of drug-likeness (QED) is 0.797. The molecule has 0 radical (unpaired) electrons. The second kappa shape index (κ2) is 6.33. The van der Waals surface area contributed by atoms with Gasteiger partial charge in [-0.05, 0) is 33.9 Å². The van der Waals surface area contributed by atoms with E-state index in [1.54, 1.807) is 11.3 Å². The van der Waals surface area contributed by atoms with Crippen molar-refractivity contribution in [2.24, 2.45) is 0 Å². The Kier molecular flexibility index (Phi) is 5.01. The van der Waals surface area contributed by atoms with Crippen molar-refractivity contribution in [2.75, 3.05) is 26.7 Å². The Morgan fingerprint density at radius 3 is 3.00 bits per heavy atom. The summed E-state index contributed by atoms with van der Waals surface area (Å²) in [6, 6.07) is 0.976. The average molecular weight is 288 g/mol. The largest absolute Gasteiger partial charge is 0.305 e. The molecule has 2 rings (SSSR count). The molecule has 1 aliphatic rings. The average Bonchev–Trinajstić information content (AvgIpc) is 2.75. The van der Waals surface area contributed by atoms with Crippen molar-refractivity contribution in [1.82, 2.24) is 14.8 Å². The lowest BCUT2D eigenvalue weighted by molar-refractivity contribution is 0.152. The molecule has 1 aliphatic heterocycles. The molecule has 2 atom stereocenters. The second-order valence-corrected chi connectivity index (χ2v) is 6.35. The summed E-state index contributed by atoms with van der Waals surface area (Å²) in [7, 11) is 2.21. The second-order valence-electron chi connectivity index (χ2n) is 5.19. The number of likely N-dealkylation sites (N-methyl/N-ethyl adjacent to an activating group) is 1. The van der Waals surface area contributed by atoms with Gasteiger partial charge >= 0.3 is 0 Å². The molecule has 0 bridgehead atoms. The van der Waals surface area contributed by atoms with Crippen LogP contribution in [-0.2, 0) is 5.88 Å². The van der Waals surface area contributed by atoms with Gasteiger partial charge in [0.15, 0.2) is 0 Å². The van der Waals surface area contributed by atoms with Crippen LogP contribution in [0.5, 0.6) is 0 Å². The minimum absolute atomic E-state index is 0.397. The number of nitrogens with zero attached hydrogens (tertiary/aromatic N) is 3. The maximum absolute atomic E-state index is 5.83. The van der Waals surface area contributed by atoms with E-state index >= 15 is 0 Å². The number of alkyl halides is 1. The van der Waals surface area contributed by atoms with Crippen LogP contribution < -0.4 is 0 Å². The van der Waals surface area contributed by atoms with Crippen molar-refractivity contribution in [3.05, 3.63) is 16.1 Å². The number of hydrogen-bond acceptors (Lipinski definition) is 4. The molecule has 0 amide bonds. The Morgan fingerprint density at radius 2 is 2.33 bits per heavy atom. The lowest BCUT2D eigenvalue weighted by atomic mass is 10.2. The van der Waals surface area contributed by atoms with Crippen molar-refractivity contribution in [3.8, 4) is 0 Å². The zero-order chi connectivity index (χ0) is 13.1. The highest BCUT2D eigenvalue weighted by Gasteiger charge is 2.26. The zero-order valence-electron chi connectivity index (χ0n) is 11.4. The number of rotatable bonds is 3. The topological polar surface area (TPSA) is 19.4 Å². The Labute approximate surface area is 119 Å². The van der Waals surface area contributed by atoms with Gasteiger partial charge in [0, 0.05) is 24.5 Å². The van der Waals surface area contributed by atoms with E-state index in [4.69, 9.17) is 11.6 Å². The molecule has 2 heterocycles. The summed E-state index contributed by atoms with van der Waals surface area (Å²) < 4.78 is 0. The molecule has 102 valence electrons. The van der Waals surface area contributed by atoms with Crippen LogP contribution in [0.25, 0.3) is 0 Å². The molecule has 1 fully saturated rings. The van der Waals surface area contributed by atoms with Gasteiger partial charge in [0.25, 0.3) is 0 Å². The monoisotopic (exact) mass is 287 g/mol. The van der Waals surface area contributed by atoms with Crippen LogP contribution in [0.2, 0.25) is 0 Å². The number of halogens is 1. The van der Waals surface area contributed by atoms with Crippen molar-refractivity contribution >= 4 is 22.9 Å². The predicted molar refractivity (Wildman–Crippen MR) is 78.4 cm³/mol. The SMILES string of the molecule is CC1CN(C)CCCN1C(C)c1nc(CCl)cs1. The van der Waals surface area contributed by atoms with Crippen LogP contribution >= 0.6 is 22.9 Å². The first-order valence-electron chi connectivity index (χ1n) is 6.56. The summed E-state index contributed by atoms with van der Waals surface area (Å²) in [5.74, 6) is 0.515. The smallest absolute Gasteiger partial charge is 0.110 e. The van der Waals surface area contributed by atoms with E-state index in [0.29, 0.717) is 18.0 Å². The minimum Gasteiger partial charge on any atom is -0.305 e. The molecule has 0 aliphatic carbocycles. The Hall–Kier alpha value is -0.160. The summed E-state index contributed by atoms with van der Waals surface area (Å²) in [5, 5.41) is 3.27. The summed E-state index contributed by atoms with van der Waals surface area (Å²) in [6.45, 7) is 8.06. The summed E-state index contributed by atoms with van der Waals surface area (Å²) >= 11 is 7.56.